The third-order valence-corrected chi connectivity index (χ3v) is 4.37. The van der Waals surface area contributed by atoms with Crippen LogP contribution < -0.4 is 5.32 Å². The second-order valence-corrected chi connectivity index (χ2v) is 5.46. The highest BCUT2D eigenvalue weighted by Gasteiger charge is 2.43. The van der Waals surface area contributed by atoms with Gasteiger partial charge in [0.15, 0.2) is 0 Å². The van der Waals surface area contributed by atoms with E-state index in [1.54, 1.807) is 12.3 Å². The van der Waals surface area contributed by atoms with Gasteiger partial charge in [0.2, 0.25) is 0 Å². The fourth-order valence-corrected chi connectivity index (χ4v) is 3.27. The predicted octanol–water partition coefficient (Wildman–Crippen LogP) is 0.966. The van der Waals surface area contributed by atoms with Crippen molar-refractivity contribution in [1.29, 1.82) is 0 Å². The highest BCUT2D eigenvalue weighted by atomic mass is 16.3. The molecule has 0 aromatic carbocycles. The van der Waals surface area contributed by atoms with Crippen molar-refractivity contribution in [1.82, 2.24) is 9.88 Å². The molecule has 0 bridgehead atoms. The van der Waals surface area contributed by atoms with Crippen LogP contribution in [-0.4, -0.2) is 47.1 Å². The van der Waals surface area contributed by atoms with Crippen LogP contribution >= 0.6 is 0 Å². The zero-order valence-electron chi connectivity index (χ0n) is 11.0. The molecule has 1 amide bonds. The Balaban J connectivity index is 1.74. The SMILES string of the molecule is CNc1ccnc(C(=O)N2CC3CCC(O)C3C2)c1. The molecule has 5 heteroatoms. The monoisotopic (exact) mass is 261 g/mol. The predicted molar refractivity (Wildman–Crippen MR) is 71.9 cm³/mol. The number of rotatable bonds is 2. The van der Waals surface area contributed by atoms with E-state index in [4.69, 9.17) is 0 Å². The quantitative estimate of drug-likeness (QED) is 0.832. The number of pyridine rings is 1. The summed E-state index contributed by atoms with van der Waals surface area (Å²) in [7, 11) is 1.82. The molecule has 1 aromatic heterocycles. The highest BCUT2D eigenvalue weighted by molar-refractivity contribution is 5.93. The summed E-state index contributed by atoms with van der Waals surface area (Å²) in [6.45, 7) is 1.42. The summed E-state index contributed by atoms with van der Waals surface area (Å²) in [5.41, 5.74) is 1.36. The number of fused-ring (bicyclic) bond motifs is 1. The van der Waals surface area contributed by atoms with Gasteiger partial charge in [-0.3, -0.25) is 9.78 Å². The van der Waals surface area contributed by atoms with Gasteiger partial charge in [0.05, 0.1) is 6.10 Å². The van der Waals surface area contributed by atoms with Crippen LogP contribution in [-0.2, 0) is 0 Å². The maximum atomic E-state index is 12.4. The Bertz CT molecular complexity index is 491. The topological polar surface area (TPSA) is 65.5 Å². The van der Waals surface area contributed by atoms with Gasteiger partial charge in [-0.05, 0) is 30.9 Å². The fourth-order valence-electron chi connectivity index (χ4n) is 3.27. The zero-order valence-corrected chi connectivity index (χ0v) is 11.0. The minimum absolute atomic E-state index is 0.0290. The van der Waals surface area contributed by atoms with E-state index < -0.39 is 0 Å². The molecule has 102 valence electrons. The average molecular weight is 261 g/mol. The molecular formula is C14H19N3O2. The van der Waals surface area contributed by atoms with Crippen molar-refractivity contribution in [3.8, 4) is 0 Å². The van der Waals surface area contributed by atoms with Crippen LogP contribution in [0.5, 0.6) is 0 Å². The number of anilines is 1. The average Bonchev–Trinajstić information content (AvgIpc) is 3.01. The number of amides is 1. The number of carbonyl (C=O) groups is 1. The zero-order chi connectivity index (χ0) is 13.4. The molecule has 1 aliphatic heterocycles. The van der Waals surface area contributed by atoms with Gasteiger partial charge in [-0.2, -0.15) is 0 Å². The number of aromatic nitrogens is 1. The van der Waals surface area contributed by atoms with Crippen LogP contribution in [0, 0.1) is 11.8 Å². The lowest BCUT2D eigenvalue weighted by atomic mass is 10.00. The van der Waals surface area contributed by atoms with Crippen molar-refractivity contribution in [3.05, 3.63) is 24.0 Å². The number of likely N-dealkylation sites (tertiary alicyclic amines) is 1. The van der Waals surface area contributed by atoms with Crippen molar-refractivity contribution >= 4 is 11.6 Å². The second kappa shape index (κ2) is 4.81. The van der Waals surface area contributed by atoms with Crippen LogP contribution in [0.25, 0.3) is 0 Å². The Morgan fingerprint density at radius 3 is 3.05 bits per heavy atom. The first-order valence-corrected chi connectivity index (χ1v) is 6.80. The number of nitrogens with one attached hydrogen (secondary N) is 1. The molecule has 1 saturated carbocycles. The minimum atomic E-state index is -0.237. The van der Waals surface area contributed by atoms with E-state index >= 15 is 0 Å². The maximum Gasteiger partial charge on any atom is 0.272 e. The summed E-state index contributed by atoms with van der Waals surface area (Å²) in [4.78, 5) is 18.4. The largest absolute Gasteiger partial charge is 0.393 e. The highest BCUT2D eigenvalue weighted by Crippen LogP contribution is 2.38. The summed E-state index contributed by atoms with van der Waals surface area (Å²) in [5, 5.41) is 12.9. The Kier molecular flexibility index (Phi) is 3.14. The fraction of sp³-hybridized carbons (Fsp3) is 0.571. The van der Waals surface area contributed by atoms with Crippen molar-refractivity contribution in [3.63, 3.8) is 0 Å². The summed E-state index contributed by atoms with van der Waals surface area (Å²) in [5.74, 6) is 0.696. The van der Waals surface area contributed by atoms with E-state index in [9.17, 15) is 9.90 Å². The van der Waals surface area contributed by atoms with Crippen LogP contribution in [0.3, 0.4) is 0 Å². The lowest BCUT2D eigenvalue weighted by Gasteiger charge is -2.18. The van der Waals surface area contributed by atoms with E-state index in [-0.39, 0.29) is 17.9 Å². The van der Waals surface area contributed by atoms with Crippen LogP contribution in [0.15, 0.2) is 18.3 Å². The van der Waals surface area contributed by atoms with Gasteiger partial charge in [-0.15, -0.1) is 0 Å². The second-order valence-electron chi connectivity index (χ2n) is 5.46. The van der Waals surface area contributed by atoms with E-state index in [1.807, 2.05) is 18.0 Å². The van der Waals surface area contributed by atoms with Crippen molar-refractivity contribution in [2.24, 2.45) is 11.8 Å². The van der Waals surface area contributed by atoms with Crippen molar-refractivity contribution < 1.29 is 9.90 Å². The molecule has 2 fully saturated rings. The molecular weight excluding hydrogens is 242 g/mol. The number of carbonyl (C=O) groups excluding carboxylic acids is 1. The van der Waals surface area contributed by atoms with Gasteiger partial charge < -0.3 is 15.3 Å². The molecule has 19 heavy (non-hydrogen) atoms. The molecule has 0 radical (unpaired) electrons. The summed E-state index contributed by atoms with van der Waals surface area (Å²) >= 11 is 0. The number of aliphatic hydroxyl groups excluding tert-OH is 1. The van der Waals surface area contributed by atoms with Crippen LogP contribution in [0.1, 0.15) is 23.3 Å². The first-order valence-electron chi connectivity index (χ1n) is 6.80. The van der Waals surface area contributed by atoms with E-state index in [0.717, 1.165) is 25.1 Å². The van der Waals surface area contributed by atoms with Gasteiger partial charge >= 0.3 is 0 Å². The Hall–Kier alpha value is -1.62. The molecule has 5 nitrogen and oxygen atoms in total. The Morgan fingerprint density at radius 1 is 1.47 bits per heavy atom. The molecule has 2 N–H and O–H groups in total. The molecule has 0 spiro atoms. The molecule has 1 aromatic rings. The first kappa shape index (κ1) is 12.4. The van der Waals surface area contributed by atoms with Gasteiger partial charge in [-0.1, -0.05) is 0 Å². The van der Waals surface area contributed by atoms with Gasteiger partial charge in [-0.25, -0.2) is 0 Å². The Morgan fingerprint density at radius 2 is 2.32 bits per heavy atom. The van der Waals surface area contributed by atoms with Gasteiger partial charge in [0, 0.05) is 37.9 Å². The molecule has 1 aliphatic carbocycles. The Labute approximate surface area is 112 Å². The van der Waals surface area contributed by atoms with E-state index in [2.05, 4.69) is 10.3 Å². The molecule has 3 atom stereocenters. The van der Waals surface area contributed by atoms with E-state index in [1.165, 1.54) is 0 Å². The van der Waals surface area contributed by atoms with Crippen molar-refractivity contribution in [2.45, 2.75) is 18.9 Å². The number of nitrogens with zero attached hydrogens (tertiary/aromatic N) is 2. The summed E-state index contributed by atoms with van der Waals surface area (Å²) in [6, 6.07) is 3.60. The molecule has 3 rings (SSSR count). The third-order valence-electron chi connectivity index (χ3n) is 4.37. The third kappa shape index (κ3) is 2.18. The first-order chi connectivity index (χ1) is 9.19. The molecule has 2 aliphatic rings. The molecule has 2 heterocycles. The van der Waals surface area contributed by atoms with E-state index in [0.29, 0.717) is 18.2 Å². The summed E-state index contributed by atoms with van der Waals surface area (Å²) in [6.07, 6.45) is 3.31. The van der Waals surface area contributed by atoms with Crippen LogP contribution in [0.4, 0.5) is 5.69 Å². The van der Waals surface area contributed by atoms with Crippen LogP contribution in [0.2, 0.25) is 0 Å². The molecule has 3 unspecified atom stereocenters. The van der Waals surface area contributed by atoms with Gasteiger partial charge in [0.1, 0.15) is 5.69 Å². The number of hydrogen-bond acceptors (Lipinski definition) is 4. The number of hydrogen-bond donors (Lipinski definition) is 2. The standard InChI is InChI=1S/C14H19N3O2/c1-15-10-4-5-16-12(6-10)14(19)17-7-9-2-3-13(18)11(9)8-17/h4-6,9,11,13,18H,2-3,7-8H2,1H3,(H,15,16). The summed E-state index contributed by atoms with van der Waals surface area (Å²) < 4.78 is 0. The lowest BCUT2D eigenvalue weighted by Crippen LogP contribution is -2.31. The smallest absolute Gasteiger partial charge is 0.272 e. The number of aliphatic hydroxyl groups is 1. The lowest BCUT2D eigenvalue weighted by molar-refractivity contribution is 0.0747. The van der Waals surface area contributed by atoms with Gasteiger partial charge in [0.25, 0.3) is 5.91 Å². The minimum Gasteiger partial charge on any atom is -0.393 e. The maximum absolute atomic E-state index is 12.4. The van der Waals surface area contributed by atoms with Crippen molar-refractivity contribution in [2.75, 3.05) is 25.5 Å². The normalized spacial score (nSPS) is 29.4. The molecule has 1 saturated heterocycles.